The lowest BCUT2D eigenvalue weighted by atomic mass is 10.1. The van der Waals surface area contributed by atoms with Crippen molar-refractivity contribution in [3.63, 3.8) is 0 Å². The van der Waals surface area contributed by atoms with Gasteiger partial charge in [-0.25, -0.2) is 4.79 Å². The molecule has 0 spiro atoms. The minimum Gasteiger partial charge on any atom is -0.493 e. The maximum atomic E-state index is 10.5. The van der Waals surface area contributed by atoms with Crippen LogP contribution in [0, 0.1) is 6.42 Å². The molecular formula is C9H7O3. The van der Waals surface area contributed by atoms with E-state index in [1.807, 2.05) is 6.42 Å². The Morgan fingerprint density at radius 1 is 1.50 bits per heavy atom. The van der Waals surface area contributed by atoms with Crippen molar-refractivity contribution in [2.45, 2.75) is 0 Å². The Bertz CT molecular complexity index is 331. The molecule has 1 heterocycles. The number of ether oxygens (including phenoxy) is 1. The molecule has 1 aliphatic rings. The van der Waals surface area contributed by atoms with Crippen molar-refractivity contribution in [3.8, 4) is 5.75 Å². The highest BCUT2D eigenvalue weighted by Crippen LogP contribution is 2.26. The molecule has 0 amide bonds. The predicted octanol–water partition coefficient (Wildman–Crippen LogP) is 1.33. The van der Waals surface area contributed by atoms with Gasteiger partial charge in [0.2, 0.25) is 0 Å². The molecule has 0 atom stereocenters. The Kier molecular flexibility index (Phi) is 1.50. The zero-order valence-electron chi connectivity index (χ0n) is 6.28. The number of benzene rings is 1. The van der Waals surface area contributed by atoms with Crippen molar-refractivity contribution in [1.29, 1.82) is 0 Å². The fourth-order valence-electron chi connectivity index (χ4n) is 1.19. The molecule has 0 saturated carbocycles. The summed E-state index contributed by atoms with van der Waals surface area (Å²) in [4.78, 5) is 10.5. The van der Waals surface area contributed by atoms with Gasteiger partial charge in [-0.2, -0.15) is 0 Å². The summed E-state index contributed by atoms with van der Waals surface area (Å²) in [7, 11) is 0. The second kappa shape index (κ2) is 2.52. The van der Waals surface area contributed by atoms with Gasteiger partial charge in [0.25, 0.3) is 0 Å². The zero-order valence-corrected chi connectivity index (χ0v) is 6.28. The molecule has 2 rings (SSSR count). The minimum absolute atomic E-state index is 0.301. The Hall–Kier alpha value is -1.51. The summed E-state index contributed by atoms with van der Waals surface area (Å²) in [5.74, 6) is -0.141. The van der Waals surface area contributed by atoms with Crippen LogP contribution in [0.5, 0.6) is 5.75 Å². The van der Waals surface area contributed by atoms with E-state index in [-0.39, 0.29) is 0 Å². The lowest BCUT2D eigenvalue weighted by molar-refractivity contribution is 0.0697. The third-order valence-electron chi connectivity index (χ3n) is 1.80. The molecule has 0 aliphatic carbocycles. The van der Waals surface area contributed by atoms with Crippen LogP contribution in [0.2, 0.25) is 0 Å². The number of aromatic carboxylic acids is 1. The van der Waals surface area contributed by atoms with Crippen LogP contribution in [0.25, 0.3) is 0 Å². The fraction of sp³-hybridized carbons (Fsp3) is 0.111. The Balaban J connectivity index is 2.45. The van der Waals surface area contributed by atoms with Crippen molar-refractivity contribution >= 4 is 5.97 Å². The minimum atomic E-state index is -0.905. The highest BCUT2D eigenvalue weighted by molar-refractivity contribution is 5.88. The molecular weight excluding hydrogens is 156 g/mol. The molecule has 0 bridgehead atoms. The van der Waals surface area contributed by atoms with Gasteiger partial charge in [0, 0.05) is 12.0 Å². The number of fused-ring (bicyclic) bond motifs is 1. The van der Waals surface area contributed by atoms with Gasteiger partial charge in [-0.1, -0.05) is 0 Å². The largest absolute Gasteiger partial charge is 0.493 e. The smallest absolute Gasteiger partial charge is 0.335 e. The molecule has 1 aliphatic heterocycles. The number of hydrogen-bond acceptors (Lipinski definition) is 2. The van der Waals surface area contributed by atoms with Gasteiger partial charge in [0.1, 0.15) is 5.75 Å². The molecule has 3 heteroatoms. The number of rotatable bonds is 1. The third kappa shape index (κ3) is 1.03. The first-order valence-electron chi connectivity index (χ1n) is 3.61. The van der Waals surface area contributed by atoms with Crippen LogP contribution < -0.4 is 4.74 Å². The quantitative estimate of drug-likeness (QED) is 0.679. The van der Waals surface area contributed by atoms with Crippen LogP contribution in [0.4, 0.5) is 0 Å². The van der Waals surface area contributed by atoms with Gasteiger partial charge in [-0.3, -0.25) is 0 Å². The number of carbonyl (C=O) groups is 1. The number of carboxylic acid groups (broad SMARTS) is 1. The normalized spacial score (nSPS) is 13.7. The molecule has 1 radical (unpaired) electrons. The van der Waals surface area contributed by atoms with E-state index in [2.05, 4.69) is 0 Å². The van der Waals surface area contributed by atoms with Crippen molar-refractivity contribution in [2.24, 2.45) is 0 Å². The molecule has 12 heavy (non-hydrogen) atoms. The first-order chi connectivity index (χ1) is 5.77. The van der Waals surface area contributed by atoms with E-state index in [9.17, 15) is 4.79 Å². The van der Waals surface area contributed by atoms with Crippen LogP contribution >= 0.6 is 0 Å². The second-order valence-corrected chi connectivity index (χ2v) is 2.57. The molecule has 1 aromatic carbocycles. The molecule has 3 nitrogen and oxygen atoms in total. The van der Waals surface area contributed by atoms with Crippen LogP contribution in [0.15, 0.2) is 18.2 Å². The lowest BCUT2D eigenvalue weighted by Gasteiger charge is -1.98. The van der Waals surface area contributed by atoms with Crippen LogP contribution in [-0.2, 0) is 0 Å². The number of carboxylic acids is 1. The predicted molar refractivity (Wildman–Crippen MR) is 42.3 cm³/mol. The van der Waals surface area contributed by atoms with E-state index in [4.69, 9.17) is 9.84 Å². The Morgan fingerprint density at radius 3 is 3.08 bits per heavy atom. The van der Waals surface area contributed by atoms with Gasteiger partial charge < -0.3 is 9.84 Å². The van der Waals surface area contributed by atoms with Gasteiger partial charge >= 0.3 is 5.97 Å². The summed E-state index contributed by atoms with van der Waals surface area (Å²) in [5.41, 5.74) is 1.17. The van der Waals surface area contributed by atoms with E-state index in [0.717, 1.165) is 11.3 Å². The van der Waals surface area contributed by atoms with Crippen LogP contribution in [0.1, 0.15) is 15.9 Å². The van der Waals surface area contributed by atoms with Gasteiger partial charge in [0.05, 0.1) is 12.2 Å². The standard InChI is InChI=1S/C9H7O3/c10-9(11)7-1-2-8-6(5-7)3-4-12-8/h1-3,5H,4H2,(H,10,11). The molecule has 0 saturated heterocycles. The molecule has 0 fully saturated rings. The summed E-state index contributed by atoms with van der Waals surface area (Å²) in [6.45, 7) is 0.540. The van der Waals surface area contributed by atoms with E-state index in [1.165, 1.54) is 0 Å². The maximum Gasteiger partial charge on any atom is 0.335 e. The van der Waals surface area contributed by atoms with E-state index in [1.54, 1.807) is 18.2 Å². The molecule has 61 valence electrons. The Labute approximate surface area is 69.6 Å². The fourth-order valence-corrected chi connectivity index (χ4v) is 1.19. The molecule has 1 N–H and O–H groups in total. The average Bonchev–Trinajstić information content (AvgIpc) is 2.49. The summed E-state index contributed by atoms with van der Waals surface area (Å²) in [6.07, 6.45) is 1.86. The third-order valence-corrected chi connectivity index (χ3v) is 1.80. The maximum absolute atomic E-state index is 10.5. The summed E-state index contributed by atoms with van der Waals surface area (Å²) < 4.78 is 5.18. The first kappa shape index (κ1) is 7.16. The van der Waals surface area contributed by atoms with Crippen molar-refractivity contribution < 1.29 is 14.6 Å². The highest BCUT2D eigenvalue weighted by atomic mass is 16.5. The Morgan fingerprint density at radius 2 is 2.33 bits per heavy atom. The topological polar surface area (TPSA) is 46.5 Å². The number of hydrogen-bond donors (Lipinski definition) is 1. The van der Waals surface area contributed by atoms with Crippen LogP contribution in [-0.4, -0.2) is 17.7 Å². The average molecular weight is 163 g/mol. The van der Waals surface area contributed by atoms with Crippen LogP contribution in [0.3, 0.4) is 0 Å². The monoisotopic (exact) mass is 163 g/mol. The summed E-state index contributed by atoms with van der Waals surface area (Å²) >= 11 is 0. The zero-order chi connectivity index (χ0) is 8.55. The highest BCUT2D eigenvalue weighted by Gasteiger charge is 2.14. The van der Waals surface area contributed by atoms with Crippen molar-refractivity contribution in [3.05, 3.63) is 35.7 Å². The van der Waals surface area contributed by atoms with Gasteiger partial charge in [0.15, 0.2) is 0 Å². The molecule has 1 aromatic rings. The van der Waals surface area contributed by atoms with Crippen molar-refractivity contribution in [2.75, 3.05) is 6.61 Å². The SMILES string of the molecule is O=C(O)c1ccc2c(c1)[CH]CO2. The second-order valence-electron chi connectivity index (χ2n) is 2.57. The first-order valence-corrected chi connectivity index (χ1v) is 3.61. The van der Waals surface area contributed by atoms with E-state index in [0.29, 0.717) is 12.2 Å². The molecule has 0 unspecified atom stereocenters. The lowest BCUT2D eigenvalue weighted by Crippen LogP contribution is -1.95. The van der Waals surface area contributed by atoms with Gasteiger partial charge in [-0.15, -0.1) is 0 Å². The van der Waals surface area contributed by atoms with E-state index >= 15 is 0 Å². The summed E-state index contributed by atoms with van der Waals surface area (Å²) in [6, 6.07) is 4.84. The van der Waals surface area contributed by atoms with Crippen molar-refractivity contribution in [1.82, 2.24) is 0 Å². The van der Waals surface area contributed by atoms with E-state index < -0.39 is 5.97 Å². The summed E-state index contributed by atoms with van der Waals surface area (Å²) in [5, 5.41) is 8.66. The molecule has 0 aromatic heterocycles. The van der Waals surface area contributed by atoms with Gasteiger partial charge in [-0.05, 0) is 18.2 Å².